The Morgan fingerprint density at radius 2 is 1.58 bits per heavy atom. The van der Waals surface area contributed by atoms with Crippen LogP contribution in [0.15, 0.2) is 48.5 Å². The topological polar surface area (TPSA) is 70.7 Å². The maximum Gasteiger partial charge on any atom is 0.257 e. The van der Waals surface area contributed by atoms with E-state index in [0.29, 0.717) is 28.5 Å². The third-order valence-corrected chi connectivity index (χ3v) is 5.38. The number of ether oxygens (including phenoxy) is 1. The minimum Gasteiger partial charge on any atom is -0.491 e. The molecular formula is C24H29N3O3S. The summed E-state index contributed by atoms with van der Waals surface area (Å²) in [4.78, 5) is 26.9. The van der Waals surface area contributed by atoms with Gasteiger partial charge in [-0.3, -0.25) is 14.9 Å². The van der Waals surface area contributed by atoms with Gasteiger partial charge in [-0.05, 0) is 93.4 Å². The molecule has 1 heterocycles. The average molecular weight is 440 g/mol. The van der Waals surface area contributed by atoms with Crippen LogP contribution in [0.4, 0.5) is 5.69 Å². The molecule has 1 fully saturated rings. The smallest absolute Gasteiger partial charge is 0.257 e. The highest BCUT2D eigenvalue weighted by atomic mass is 32.1. The number of anilines is 1. The number of nitrogens with one attached hydrogen (secondary N) is 2. The molecule has 0 unspecified atom stereocenters. The Labute approximate surface area is 189 Å². The molecule has 164 valence electrons. The summed E-state index contributed by atoms with van der Waals surface area (Å²) in [5, 5.41) is 5.84. The number of likely N-dealkylation sites (tertiary alicyclic amines) is 1. The lowest BCUT2D eigenvalue weighted by Crippen LogP contribution is -2.37. The predicted molar refractivity (Wildman–Crippen MR) is 127 cm³/mol. The Morgan fingerprint density at radius 1 is 1.00 bits per heavy atom. The Morgan fingerprint density at radius 3 is 2.16 bits per heavy atom. The van der Waals surface area contributed by atoms with Gasteiger partial charge in [0.15, 0.2) is 5.11 Å². The van der Waals surface area contributed by atoms with Crippen LogP contribution in [0.2, 0.25) is 0 Å². The molecule has 0 atom stereocenters. The fraction of sp³-hybridized carbons (Fsp3) is 0.375. The van der Waals surface area contributed by atoms with Crippen molar-refractivity contribution in [2.24, 2.45) is 5.92 Å². The number of hydrogen-bond acceptors (Lipinski definition) is 4. The number of piperidine rings is 1. The van der Waals surface area contributed by atoms with E-state index < -0.39 is 0 Å². The van der Waals surface area contributed by atoms with E-state index in [-0.39, 0.29) is 23.0 Å². The molecule has 6 nitrogen and oxygen atoms in total. The van der Waals surface area contributed by atoms with Gasteiger partial charge in [0.1, 0.15) is 5.75 Å². The summed E-state index contributed by atoms with van der Waals surface area (Å²) in [5.41, 5.74) is 1.84. The van der Waals surface area contributed by atoms with E-state index >= 15 is 0 Å². The zero-order valence-corrected chi connectivity index (χ0v) is 19.0. The lowest BCUT2D eigenvalue weighted by atomic mass is 9.98. The first-order valence-electron chi connectivity index (χ1n) is 10.6. The van der Waals surface area contributed by atoms with E-state index in [1.807, 2.05) is 18.7 Å². The zero-order valence-electron chi connectivity index (χ0n) is 18.2. The highest BCUT2D eigenvalue weighted by Gasteiger charge is 2.21. The summed E-state index contributed by atoms with van der Waals surface area (Å²) < 4.78 is 5.58. The maximum atomic E-state index is 12.6. The summed E-state index contributed by atoms with van der Waals surface area (Å²) in [6.45, 7) is 7.73. The molecule has 0 saturated carbocycles. The molecule has 1 aliphatic rings. The Hall–Kier alpha value is -2.93. The van der Waals surface area contributed by atoms with Crippen LogP contribution in [-0.4, -0.2) is 41.0 Å². The first-order valence-corrected chi connectivity index (χ1v) is 11.0. The third-order valence-electron chi connectivity index (χ3n) is 5.18. The molecule has 0 aromatic heterocycles. The van der Waals surface area contributed by atoms with Crippen molar-refractivity contribution >= 4 is 34.8 Å². The minimum absolute atomic E-state index is 0.0548. The highest BCUT2D eigenvalue weighted by Crippen LogP contribution is 2.19. The lowest BCUT2D eigenvalue weighted by molar-refractivity contribution is 0.0697. The lowest BCUT2D eigenvalue weighted by Gasteiger charge is -2.30. The fourth-order valence-corrected chi connectivity index (χ4v) is 3.60. The van der Waals surface area contributed by atoms with Crippen LogP contribution in [0.1, 0.15) is 54.3 Å². The maximum absolute atomic E-state index is 12.6. The van der Waals surface area contributed by atoms with Gasteiger partial charge in [0, 0.05) is 29.9 Å². The summed E-state index contributed by atoms with van der Waals surface area (Å²) in [6, 6.07) is 14.0. The van der Waals surface area contributed by atoms with Crippen LogP contribution >= 0.6 is 12.2 Å². The van der Waals surface area contributed by atoms with E-state index in [1.165, 1.54) is 0 Å². The van der Waals surface area contributed by atoms with Crippen LogP contribution in [-0.2, 0) is 0 Å². The predicted octanol–water partition coefficient (Wildman–Crippen LogP) is 4.47. The molecule has 2 aromatic carbocycles. The second kappa shape index (κ2) is 10.4. The van der Waals surface area contributed by atoms with E-state index in [1.54, 1.807) is 48.5 Å². The number of nitrogens with zero attached hydrogens (tertiary/aromatic N) is 1. The Balaban J connectivity index is 1.52. The van der Waals surface area contributed by atoms with Crippen LogP contribution in [0, 0.1) is 5.92 Å². The van der Waals surface area contributed by atoms with Crippen molar-refractivity contribution in [3.05, 3.63) is 59.7 Å². The van der Waals surface area contributed by atoms with Crippen molar-refractivity contribution in [1.82, 2.24) is 10.2 Å². The van der Waals surface area contributed by atoms with Crippen LogP contribution in [0.5, 0.6) is 5.75 Å². The van der Waals surface area contributed by atoms with Gasteiger partial charge in [-0.25, -0.2) is 0 Å². The van der Waals surface area contributed by atoms with Gasteiger partial charge in [0.2, 0.25) is 0 Å². The number of rotatable bonds is 5. The number of thiocarbonyl (C=S) groups is 1. The van der Waals surface area contributed by atoms with E-state index in [4.69, 9.17) is 17.0 Å². The summed E-state index contributed by atoms with van der Waals surface area (Å²) in [6.07, 6.45) is 2.17. The zero-order chi connectivity index (χ0) is 22.4. The van der Waals surface area contributed by atoms with Crippen molar-refractivity contribution in [3.8, 4) is 5.75 Å². The molecule has 3 rings (SSSR count). The Kier molecular flexibility index (Phi) is 7.63. The first kappa shape index (κ1) is 22.7. The van der Waals surface area contributed by atoms with Crippen molar-refractivity contribution in [2.45, 2.75) is 39.7 Å². The number of hydrogen-bond donors (Lipinski definition) is 2. The molecule has 0 aliphatic carbocycles. The largest absolute Gasteiger partial charge is 0.491 e. The molecule has 0 radical (unpaired) electrons. The number of carbonyl (C=O) groups is 2. The minimum atomic E-state index is -0.306. The number of carbonyl (C=O) groups excluding carboxylic acids is 2. The van der Waals surface area contributed by atoms with Crippen molar-refractivity contribution < 1.29 is 14.3 Å². The molecule has 2 N–H and O–H groups in total. The standard InChI is InChI=1S/C24H29N3O3S/c1-16(2)30-21-10-6-18(7-11-21)22(28)26-24(31)25-20-8-4-19(5-9-20)23(29)27-14-12-17(3)13-15-27/h4-11,16-17H,12-15H2,1-3H3,(H2,25,26,28,31). The molecular weight excluding hydrogens is 410 g/mol. The second-order valence-corrected chi connectivity index (χ2v) is 8.56. The molecule has 0 spiro atoms. The summed E-state index contributed by atoms with van der Waals surface area (Å²) in [5.74, 6) is 1.14. The molecule has 7 heteroatoms. The van der Waals surface area contributed by atoms with E-state index in [9.17, 15) is 9.59 Å². The van der Waals surface area contributed by atoms with Crippen molar-refractivity contribution in [2.75, 3.05) is 18.4 Å². The third kappa shape index (κ3) is 6.52. The second-order valence-electron chi connectivity index (χ2n) is 8.15. The molecule has 2 amide bonds. The Bertz CT molecular complexity index is 918. The van der Waals surface area contributed by atoms with Gasteiger partial charge >= 0.3 is 0 Å². The summed E-state index contributed by atoms with van der Waals surface area (Å²) in [7, 11) is 0. The summed E-state index contributed by atoms with van der Waals surface area (Å²) >= 11 is 5.25. The van der Waals surface area contributed by atoms with Crippen molar-refractivity contribution in [3.63, 3.8) is 0 Å². The molecule has 0 bridgehead atoms. The van der Waals surface area contributed by atoms with Gasteiger partial charge in [-0.2, -0.15) is 0 Å². The SMILES string of the molecule is CC1CCN(C(=O)c2ccc(NC(=S)NC(=O)c3ccc(OC(C)C)cc3)cc2)CC1. The van der Waals surface area contributed by atoms with Gasteiger partial charge in [-0.1, -0.05) is 6.92 Å². The van der Waals surface area contributed by atoms with E-state index in [2.05, 4.69) is 17.6 Å². The first-order chi connectivity index (χ1) is 14.8. The highest BCUT2D eigenvalue weighted by molar-refractivity contribution is 7.80. The van der Waals surface area contributed by atoms with E-state index in [0.717, 1.165) is 25.9 Å². The van der Waals surface area contributed by atoms with Gasteiger partial charge < -0.3 is 15.0 Å². The van der Waals surface area contributed by atoms with Crippen LogP contribution in [0.3, 0.4) is 0 Å². The molecule has 2 aromatic rings. The fourth-order valence-electron chi connectivity index (χ4n) is 3.39. The monoisotopic (exact) mass is 439 g/mol. The van der Waals surface area contributed by atoms with Gasteiger partial charge in [-0.15, -0.1) is 0 Å². The molecule has 31 heavy (non-hydrogen) atoms. The number of amides is 2. The van der Waals surface area contributed by atoms with Crippen LogP contribution in [0.25, 0.3) is 0 Å². The molecule has 1 aliphatic heterocycles. The van der Waals surface area contributed by atoms with Gasteiger partial charge in [0.05, 0.1) is 6.10 Å². The molecule has 1 saturated heterocycles. The number of benzene rings is 2. The van der Waals surface area contributed by atoms with Crippen LogP contribution < -0.4 is 15.4 Å². The quantitative estimate of drug-likeness (QED) is 0.673. The van der Waals surface area contributed by atoms with Gasteiger partial charge in [0.25, 0.3) is 11.8 Å². The normalized spacial score (nSPS) is 14.3. The average Bonchev–Trinajstić information content (AvgIpc) is 2.74. The van der Waals surface area contributed by atoms with Crippen molar-refractivity contribution in [1.29, 1.82) is 0 Å².